The van der Waals surface area contributed by atoms with Gasteiger partial charge in [0.15, 0.2) is 5.96 Å². The highest BCUT2D eigenvalue weighted by Gasteiger charge is 2.31. The Labute approximate surface area is 229 Å². The first-order chi connectivity index (χ1) is 18.5. The van der Waals surface area contributed by atoms with Crippen LogP contribution in [0.2, 0.25) is 0 Å². The van der Waals surface area contributed by atoms with Crippen LogP contribution in [0.1, 0.15) is 51.5 Å². The molecular weight excluding hydrogens is 504 g/mol. The van der Waals surface area contributed by atoms with Gasteiger partial charge in [0.25, 0.3) is 0 Å². The molecule has 39 heavy (non-hydrogen) atoms. The van der Waals surface area contributed by atoms with Crippen molar-refractivity contribution in [1.29, 1.82) is 0 Å². The minimum Gasteiger partial charge on any atom is -0.480 e. The van der Waals surface area contributed by atoms with Crippen molar-refractivity contribution in [3.05, 3.63) is 35.9 Å². The van der Waals surface area contributed by atoms with E-state index in [0.29, 0.717) is 32.2 Å². The zero-order valence-corrected chi connectivity index (χ0v) is 22.8. The zero-order valence-electron chi connectivity index (χ0n) is 22.8. The lowest BCUT2D eigenvalue weighted by molar-refractivity contribution is -0.143. The molecule has 0 aliphatic rings. The van der Waals surface area contributed by atoms with Crippen LogP contribution >= 0.6 is 0 Å². The highest BCUT2D eigenvalue weighted by molar-refractivity contribution is 5.94. The Hall–Kier alpha value is -3.71. The van der Waals surface area contributed by atoms with Gasteiger partial charge in [-0.25, -0.2) is 4.79 Å². The maximum absolute atomic E-state index is 13.4. The fourth-order valence-electron chi connectivity index (χ4n) is 3.79. The molecule has 0 spiro atoms. The van der Waals surface area contributed by atoms with Crippen molar-refractivity contribution in [2.45, 2.75) is 76.5 Å². The number of nitrogens with two attached hydrogens (primary N) is 4. The number of aliphatic imine (C=N–C) groups is 1. The van der Waals surface area contributed by atoms with E-state index in [1.54, 1.807) is 38.1 Å². The third-order valence-corrected chi connectivity index (χ3v) is 6.03. The molecule has 12 N–H and O–H groups in total. The third kappa shape index (κ3) is 13.1. The lowest BCUT2D eigenvalue weighted by atomic mass is 10.0. The highest BCUT2D eigenvalue weighted by Crippen LogP contribution is 2.09. The van der Waals surface area contributed by atoms with E-state index in [9.17, 15) is 24.3 Å². The summed E-state index contributed by atoms with van der Waals surface area (Å²) in [6.45, 7) is 4.05. The van der Waals surface area contributed by atoms with Crippen molar-refractivity contribution in [2.24, 2.45) is 33.8 Å². The van der Waals surface area contributed by atoms with E-state index in [1.165, 1.54) is 0 Å². The molecule has 0 radical (unpaired) electrons. The van der Waals surface area contributed by atoms with Gasteiger partial charge in [0.2, 0.25) is 17.7 Å². The number of nitrogens with one attached hydrogen (secondary N) is 3. The first-order valence-corrected chi connectivity index (χ1v) is 13.1. The van der Waals surface area contributed by atoms with Crippen LogP contribution < -0.4 is 38.9 Å². The number of rotatable bonds is 18. The minimum atomic E-state index is -1.18. The van der Waals surface area contributed by atoms with Crippen LogP contribution in [-0.4, -0.2) is 72.0 Å². The molecule has 0 aliphatic heterocycles. The minimum absolute atomic E-state index is 0.0975. The topological polar surface area (TPSA) is 241 Å². The number of carboxylic acid groups (broad SMARTS) is 1. The lowest BCUT2D eigenvalue weighted by Crippen LogP contribution is -2.58. The molecule has 0 aromatic heterocycles. The van der Waals surface area contributed by atoms with E-state index < -0.39 is 47.9 Å². The standard InChI is InChI=1S/C26H44N8O5/c1-16(2)21(25(38)39)34-24(37)20(15-17-9-4-3-5-10-17)33-23(36)19(12-8-14-31-26(29)30)32-22(35)18(28)11-6-7-13-27/h3-5,9-10,16,18-21H,6-8,11-15,27-28H2,1-2H3,(H,32,35)(H,33,36)(H,34,37)(H,38,39)(H4,29,30,31). The summed E-state index contributed by atoms with van der Waals surface area (Å²) in [6.07, 6.45) is 2.42. The molecular formula is C26H44N8O5. The Bertz CT molecular complexity index is 953. The molecule has 1 rings (SSSR count). The number of guanidine groups is 1. The van der Waals surface area contributed by atoms with E-state index in [4.69, 9.17) is 22.9 Å². The number of carbonyl (C=O) groups is 4. The molecule has 13 heteroatoms. The molecule has 1 aromatic carbocycles. The van der Waals surface area contributed by atoms with Gasteiger partial charge in [-0.3, -0.25) is 19.4 Å². The van der Waals surface area contributed by atoms with Crippen LogP contribution in [-0.2, 0) is 25.6 Å². The Morgan fingerprint density at radius 1 is 0.872 bits per heavy atom. The molecule has 3 amide bonds. The van der Waals surface area contributed by atoms with Crippen molar-refractivity contribution in [3.63, 3.8) is 0 Å². The molecule has 13 nitrogen and oxygen atoms in total. The summed E-state index contributed by atoms with van der Waals surface area (Å²) in [5, 5.41) is 17.4. The van der Waals surface area contributed by atoms with Crippen molar-refractivity contribution >= 4 is 29.7 Å². The van der Waals surface area contributed by atoms with Crippen LogP contribution in [0.4, 0.5) is 0 Å². The summed E-state index contributed by atoms with van der Waals surface area (Å²) < 4.78 is 0. The second-order valence-corrected chi connectivity index (χ2v) is 9.72. The number of benzene rings is 1. The average molecular weight is 549 g/mol. The molecule has 0 fully saturated rings. The number of nitrogens with zero attached hydrogens (tertiary/aromatic N) is 1. The van der Waals surface area contributed by atoms with Crippen molar-refractivity contribution in [2.75, 3.05) is 13.1 Å². The summed E-state index contributed by atoms with van der Waals surface area (Å²) >= 11 is 0. The van der Waals surface area contributed by atoms with Gasteiger partial charge in [-0.2, -0.15) is 0 Å². The predicted molar refractivity (Wildman–Crippen MR) is 149 cm³/mol. The van der Waals surface area contributed by atoms with Gasteiger partial charge in [-0.15, -0.1) is 0 Å². The monoisotopic (exact) mass is 548 g/mol. The van der Waals surface area contributed by atoms with Gasteiger partial charge < -0.3 is 44.0 Å². The predicted octanol–water partition coefficient (Wildman–Crippen LogP) is -1.07. The molecule has 0 heterocycles. The fourth-order valence-corrected chi connectivity index (χ4v) is 3.79. The number of carboxylic acids is 1. The van der Waals surface area contributed by atoms with E-state index >= 15 is 0 Å². The van der Waals surface area contributed by atoms with E-state index in [-0.39, 0.29) is 31.3 Å². The summed E-state index contributed by atoms with van der Waals surface area (Å²) in [5.41, 5.74) is 23.0. The first-order valence-electron chi connectivity index (χ1n) is 13.1. The largest absolute Gasteiger partial charge is 0.480 e. The van der Waals surface area contributed by atoms with Crippen LogP contribution in [0.25, 0.3) is 0 Å². The normalized spacial score (nSPS) is 14.0. The van der Waals surface area contributed by atoms with Gasteiger partial charge in [-0.1, -0.05) is 50.6 Å². The Morgan fingerprint density at radius 3 is 2.05 bits per heavy atom. The molecule has 0 saturated heterocycles. The summed E-state index contributed by atoms with van der Waals surface area (Å²) in [5.74, 6) is -3.45. The van der Waals surface area contributed by atoms with Crippen molar-refractivity contribution in [1.82, 2.24) is 16.0 Å². The van der Waals surface area contributed by atoms with E-state index in [1.807, 2.05) is 6.07 Å². The number of amides is 3. The Balaban J connectivity index is 3.11. The number of carbonyl (C=O) groups excluding carboxylic acids is 3. The Morgan fingerprint density at radius 2 is 1.49 bits per heavy atom. The van der Waals surface area contributed by atoms with Crippen molar-refractivity contribution in [3.8, 4) is 0 Å². The first kappa shape index (κ1) is 33.3. The van der Waals surface area contributed by atoms with Crippen LogP contribution in [0.5, 0.6) is 0 Å². The van der Waals surface area contributed by atoms with Crippen molar-refractivity contribution < 1.29 is 24.3 Å². The molecule has 0 aliphatic carbocycles. The number of unbranched alkanes of at least 4 members (excludes halogenated alkanes) is 1. The van der Waals surface area contributed by atoms with Gasteiger partial charge >= 0.3 is 5.97 Å². The maximum atomic E-state index is 13.4. The van der Waals surface area contributed by atoms with Gasteiger partial charge in [-0.05, 0) is 43.7 Å². The second-order valence-electron chi connectivity index (χ2n) is 9.72. The molecule has 0 bridgehead atoms. The highest BCUT2D eigenvalue weighted by atomic mass is 16.4. The third-order valence-electron chi connectivity index (χ3n) is 6.03. The molecule has 218 valence electrons. The molecule has 0 saturated carbocycles. The summed E-state index contributed by atoms with van der Waals surface area (Å²) in [4.78, 5) is 54.9. The van der Waals surface area contributed by atoms with Gasteiger partial charge in [0.1, 0.15) is 18.1 Å². The Kier molecular flexibility index (Phi) is 15.2. The smallest absolute Gasteiger partial charge is 0.326 e. The fraction of sp³-hybridized carbons (Fsp3) is 0.577. The molecule has 4 atom stereocenters. The van der Waals surface area contributed by atoms with Gasteiger partial charge in [0, 0.05) is 13.0 Å². The lowest BCUT2D eigenvalue weighted by Gasteiger charge is -2.26. The van der Waals surface area contributed by atoms with E-state index in [2.05, 4.69) is 20.9 Å². The van der Waals surface area contributed by atoms with Crippen LogP contribution in [0.3, 0.4) is 0 Å². The summed E-state index contributed by atoms with van der Waals surface area (Å²) in [7, 11) is 0. The quantitative estimate of drug-likeness (QED) is 0.0632. The second kappa shape index (κ2) is 17.7. The number of hydrogen-bond donors (Lipinski definition) is 8. The number of hydrogen-bond acceptors (Lipinski definition) is 7. The SMILES string of the molecule is CC(C)C(NC(=O)C(Cc1ccccc1)NC(=O)C(CCCN=C(N)N)NC(=O)C(N)CCCCN)C(=O)O. The summed E-state index contributed by atoms with van der Waals surface area (Å²) in [6, 6.07) is 4.86. The van der Waals surface area contributed by atoms with E-state index in [0.717, 1.165) is 5.56 Å². The zero-order chi connectivity index (χ0) is 29.4. The molecule has 1 aromatic rings. The number of aliphatic carboxylic acids is 1. The molecule has 4 unspecified atom stereocenters. The van der Waals surface area contributed by atoms with Crippen LogP contribution in [0, 0.1) is 5.92 Å². The maximum Gasteiger partial charge on any atom is 0.326 e. The van der Waals surface area contributed by atoms with Crippen LogP contribution in [0.15, 0.2) is 35.3 Å². The average Bonchev–Trinajstić information content (AvgIpc) is 2.88. The van der Waals surface area contributed by atoms with Gasteiger partial charge in [0.05, 0.1) is 6.04 Å².